The Morgan fingerprint density at radius 2 is 1.60 bits per heavy atom. The van der Waals surface area contributed by atoms with Crippen LogP contribution in [0.3, 0.4) is 0 Å². The van der Waals surface area contributed by atoms with Crippen LogP contribution in [0.2, 0.25) is 0 Å². The van der Waals surface area contributed by atoms with Crippen molar-refractivity contribution in [2.24, 2.45) is 0 Å². The van der Waals surface area contributed by atoms with E-state index in [9.17, 15) is 0 Å². The normalized spacial score (nSPS) is 11.7. The van der Waals surface area contributed by atoms with E-state index in [1.807, 2.05) is 7.05 Å². The molecule has 0 aliphatic carbocycles. The van der Waals surface area contributed by atoms with E-state index in [0.717, 1.165) is 6.54 Å². The smallest absolute Gasteiger partial charge is 0.0208 e. The van der Waals surface area contributed by atoms with E-state index in [2.05, 4.69) is 75.5 Å². The van der Waals surface area contributed by atoms with E-state index < -0.39 is 0 Å². The van der Waals surface area contributed by atoms with E-state index in [0.29, 0.717) is 0 Å². The van der Waals surface area contributed by atoms with Gasteiger partial charge in [-0.1, -0.05) is 68.8 Å². The summed E-state index contributed by atoms with van der Waals surface area (Å²) < 4.78 is 0. The Balaban J connectivity index is 2.43. The van der Waals surface area contributed by atoms with Crippen molar-refractivity contribution >= 4 is 0 Å². The van der Waals surface area contributed by atoms with Gasteiger partial charge in [0.2, 0.25) is 0 Å². The molecule has 0 saturated heterocycles. The van der Waals surface area contributed by atoms with Crippen LogP contribution < -0.4 is 5.32 Å². The summed E-state index contributed by atoms with van der Waals surface area (Å²) in [7, 11) is 1.99. The first-order valence-corrected chi connectivity index (χ1v) is 7.27. The minimum atomic E-state index is 0.207. The highest BCUT2D eigenvalue weighted by Gasteiger charge is 2.13. The Morgan fingerprint density at radius 3 is 2.15 bits per heavy atom. The first-order valence-electron chi connectivity index (χ1n) is 7.27. The summed E-state index contributed by atoms with van der Waals surface area (Å²) in [6.07, 6.45) is 0. The molecule has 1 nitrogen and oxygen atoms in total. The van der Waals surface area contributed by atoms with Gasteiger partial charge in [0.25, 0.3) is 0 Å². The number of aryl methyl sites for hydroxylation is 1. The molecule has 2 aromatic rings. The van der Waals surface area contributed by atoms with Gasteiger partial charge < -0.3 is 5.32 Å². The van der Waals surface area contributed by atoms with Gasteiger partial charge in [-0.25, -0.2) is 0 Å². The van der Waals surface area contributed by atoms with Crippen molar-refractivity contribution in [2.45, 2.75) is 39.7 Å². The van der Waals surface area contributed by atoms with Crippen molar-refractivity contribution in [1.29, 1.82) is 0 Å². The number of hydrogen-bond acceptors (Lipinski definition) is 1. The summed E-state index contributed by atoms with van der Waals surface area (Å²) in [5.41, 5.74) is 6.87. The van der Waals surface area contributed by atoms with E-state index in [1.165, 1.54) is 27.8 Å². The maximum absolute atomic E-state index is 3.25. The maximum atomic E-state index is 3.25. The molecule has 0 aromatic heterocycles. The zero-order valence-corrected chi connectivity index (χ0v) is 13.2. The Kier molecular flexibility index (Phi) is 4.29. The van der Waals surface area contributed by atoms with E-state index >= 15 is 0 Å². The average molecular weight is 267 g/mol. The lowest BCUT2D eigenvalue weighted by molar-refractivity contribution is 0.590. The fourth-order valence-corrected chi connectivity index (χ4v) is 2.45. The van der Waals surface area contributed by atoms with Gasteiger partial charge in [0.05, 0.1) is 0 Å². The van der Waals surface area contributed by atoms with Gasteiger partial charge in [-0.3, -0.25) is 0 Å². The van der Waals surface area contributed by atoms with Crippen molar-refractivity contribution in [3.8, 4) is 11.1 Å². The number of hydrogen-bond donors (Lipinski definition) is 1. The molecule has 0 spiro atoms. The Labute approximate surface area is 123 Å². The molecule has 0 unspecified atom stereocenters. The minimum Gasteiger partial charge on any atom is -0.316 e. The number of rotatable bonds is 3. The van der Waals surface area contributed by atoms with Crippen molar-refractivity contribution in [3.63, 3.8) is 0 Å². The summed E-state index contributed by atoms with van der Waals surface area (Å²) in [4.78, 5) is 0. The molecule has 0 saturated carbocycles. The van der Waals surface area contributed by atoms with Crippen molar-refractivity contribution in [2.75, 3.05) is 7.05 Å². The molecule has 0 heterocycles. The molecule has 0 aliphatic heterocycles. The molecule has 106 valence electrons. The largest absolute Gasteiger partial charge is 0.316 e. The highest BCUT2D eigenvalue weighted by atomic mass is 14.8. The van der Waals surface area contributed by atoms with Gasteiger partial charge in [-0.05, 0) is 41.6 Å². The quantitative estimate of drug-likeness (QED) is 0.851. The lowest BCUT2D eigenvalue weighted by atomic mass is 9.86. The molecule has 0 radical (unpaired) electrons. The third kappa shape index (κ3) is 3.29. The summed E-state index contributed by atoms with van der Waals surface area (Å²) in [6, 6.07) is 15.7. The first kappa shape index (κ1) is 14.8. The average Bonchev–Trinajstić information content (AvgIpc) is 2.40. The predicted molar refractivity (Wildman–Crippen MR) is 88.1 cm³/mol. The number of benzene rings is 2. The molecular weight excluding hydrogens is 242 g/mol. The highest BCUT2D eigenvalue weighted by molar-refractivity contribution is 5.68. The van der Waals surface area contributed by atoms with Crippen LogP contribution in [-0.2, 0) is 12.0 Å². The Morgan fingerprint density at radius 1 is 0.950 bits per heavy atom. The van der Waals surface area contributed by atoms with Crippen molar-refractivity contribution < 1.29 is 0 Å². The van der Waals surface area contributed by atoms with E-state index in [4.69, 9.17) is 0 Å². The second-order valence-electron chi connectivity index (χ2n) is 6.52. The van der Waals surface area contributed by atoms with Crippen LogP contribution in [0.4, 0.5) is 0 Å². The van der Waals surface area contributed by atoms with Crippen LogP contribution in [0.25, 0.3) is 11.1 Å². The van der Waals surface area contributed by atoms with Gasteiger partial charge in [-0.2, -0.15) is 0 Å². The molecule has 0 bridgehead atoms. The van der Waals surface area contributed by atoms with Gasteiger partial charge >= 0.3 is 0 Å². The summed E-state index contributed by atoms with van der Waals surface area (Å²) in [6.45, 7) is 9.80. The molecule has 2 rings (SSSR count). The van der Waals surface area contributed by atoms with Gasteiger partial charge in [0, 0.05) is 6.54 Å². The zero-order valence-electron chi connectivity index (χ0n) is 13.2. The first-order chi connectivity index (χ1) is 9.41. The summed E-state index contributed by atoms with van der Waals surface area (Å²) >= 11 is 0. The van der Waals surface area contributed by atoms with Crippen LogP contribution in [-0.4, -0.2) is 7.05 Å². The molecule has 2 aromatic carbocycles. The standard InChI is InChI=1S/C19H25N/c1-14-6-7-16(13-20-5)18(12-14)15-8-10-17(11-9-15)19(2,3)4/h6-12,20H,13H2,1-5H3. The molecule has 1 N–H and O–H groups in total. The fraction of sp³-hybridized carbons (Fsp3) is 0.368. The van der Waals surface area contributed by atoms with Gasteiger partial charge in [-0.15, -0.1) is 0 Å². The second kappa shape index (κ2) is 5.80. The van der Waals surface area contributed by atoms with E-state index in [1.54, 1.807) is 0 Å². The lowest BCUT2D eigenvalue weighted by Gasteiger charge is -2.19. The zero-order chi connectivity index (χ0) is 14.8. The SMILES string of the molecule is CNCc1ccc(C)cc1-c1ccc(C(C)(C)C)cc1. The number of nitrogens with one attached hydrogen (secondary N) is 1. The molecule has 0 atom stereocenters. The second-order valence-corrected chi connectivity index (χ2v) is 6.52. The summed E-state index contributed by atoms with van der Waals surface area (Å²) in [5, 5.41) is 3.25. The minimum absolute atomic E-state index is 0.207. The molecular formula is C19H25N. The van der Waals surface area contributed by atoms with E-state index in [-0.39, 0.29) is 5.41 Å². The van der Waals surface area contributed by atoms with Crippen molar-refractivity contribution in [1.82, 2.24) is 5.32 Å². The van der Waals surface area contributed by atoms with Crippen molar-refractivity contribution in [3.05, 3.63) is 59.2 Å². The maximum Gasteiger partial charge on any atom is 0.0208 e. The highest BCUT2D eigenvalue weighted by Crippen LogP contribution is 2.28. The molecule has 20 heavy (non-hydrogen) atoms. The molecule has 1 heteroatoms. The van der Waals surface area contributed by atoms with Crippen LogP contribution in [0.15, 0.2) is 42.5 Å². The van der Waals surface area contributed by atoms with Gasteiger partial charge in [0.15, 0.2) is 0 Å². The predicted octanol–water partition coefficient (Wildman–Crippen LogP) is 4.68. The van der Waals surface area contributed by atoms with Crippen LogP contribution in [0.5, 0.6) is 0 Å². The third-order valence-electron chi connectivity index (χ3n) is 3.69. The lowest BCUT2D eigenvalue weighted by Crippen LogP contribution is -2.10. The monoisotopic (exact) mass is 267 g/mol. The van der Waals surface area contributed by atoms with Crippen LogP contribution in [0, 0.1) is 6.92 Å². The Hall–Kier alpha value is -1.60. The molecule has 0 amide bonds. The Bertz CT molecular complexity index is 574. The molecule has 0 aliphatic rings. The third-order valence-corrected chi connectivity index (χ3v) is 3.69. The van der Waals surface area contributed by atoms with Gasteiger partial charge in [0.1, 0.15) is 0 Å². The summed E-state index contributed by atoms with van der Waals surface area (Å²) in [5.74, 6) is 0. The van der Waals surface area contributed by atoms with Crippen LogP contribution >= 0.6 is 0 Å². The fourth-order valence-electron chi connectivity index (χ4n) is 2.45. The topological polar surface area (TPSA) is 12.0 Å². The molecule has 0 fully saturated rings. The van der Waals surface area contributed by atoms with Crippen LogP contribution in [0.1, 0.15) is 37.5 Å².